The fraction of sp³-hybridized carbons (Fsp3) is 0.333. The average Bonchev–Trinajstić information content (AvgIpc) is 2.12. The Balaban J connectivity index is 3.18. The Labute approximate surface area is 76.2 Å². The molecule has 0 spiro atoms. The second kappa shape index (κ2) is 4.20. The summed E-state index contributed by atoms with van der Waals surface area (Å²) in [4.78, 5) is 4.46. The van der Waals surface area contributed by atoms with Gasteiger partial charge in [-0.15, -0.1) is 0 Å². The summed E-state index contributed by atoms with van der Waals surface area (Å²) in [5.74, 6) is 4.72. The molecule has 0 radical (unpaired) electrons. The number of rotatable bonds is 3. The van der Waals surface area contributed by atoms with Crippen LogP contribution in [0.15, 0.2) is 12.1 Å². The van der Waals surface area contributed by atoms with Crippen molar-refractivity contribution in [2.45, 2.75) is 13.5 Å². The third-order valence-corrected chi connectivity index (χ3v) is 1.88. The Morgan fingerprint density at radius 1 is 1.46 bits per heavy atom. The summed E-state index contributed by atoms with van der Waals surface area (Å²) in [5.41, 5.74) is 1.54. The quantitative estimate of drug-likeness (QED) is 0.726. The molecule has 1 aromatic rings. The van der Waals surface area contributed by atoms with Crippen molar-refractivity contribution < 1.29 is 14.0 Å². The van der Waals surface area contributed by atoms with Crippen LogP contribution in [0.3, 0.4) is 0 Å². The van der Waals surface area contributed by atoms with E-state index in [4.69, 9.17) is 10.6 Å². The molecule has 0 aliphatic carbocycles. The molecule has 0 unspecified atom stereocenters. The number of hydrogen-bond acceptors (Lipinski definition) is 3. The van der Waals surface area contributed by atoms with Crippen LogP contribution < -0.4 is 10.6 Å². The molecule has 0 amide bonds. The molecule has 4 heteroatoms. The van der Waals surface area contributed by atoms with Gasteiger partial charge in [-0.25, -0.2) is 10.3 Å². The second-order valence-electron chi connectivity index (χ2n) is 2.69. The lowest BCUT2D eigenvalue weighted by Crippen LogP contribution is -2.04. The van der Waals surface area contributed by atoms with E-state index in [9.17, 15) is 4.39 Å². The van der Waals surface area contributed by atoms with Gasteiger partial charge in [0.15, 0.2) is 11.6 Å². The maximum Gasteiger partial charge on any atom is 0.165 e. The zero-order valence-corrected chi connectivity index (χ0v) is 7.63. The summed E-state index contributed by atoms with van der Waals surface area (Å²) < 4.78 is 18.0. The Hall–Kier alpha value is -1.13. The van der Waals surface area contributed by atoms with Gasteiger partial charge < -0.3 is 4.74 Å². The summed E-state index contributed by atoms with van der Waals surface area (Å²) in [6, 6.07) is 3.01. The summed E-state index contributed by atoms with van der Waals surface area (Å²) in [6.07, 6.45) is 0. The Morgan fingerprint density at radius 2 is 2.15 bits per heavy atom. The third-order valence-electron chi connectivity index (χ3n) is 1.88. The van der Waals surface area contributed by atoms with E-state index in [1.54, 1.807) is 6.07 Å². The largest absolute Gasteiger partial charge is 0.493 e. The van der Waals surface area contributed by atoms with Gasteiger partial charge in [-0.2, -0.15) is 0 Å². The first kappa shape index (κ1) is 9.95. The van der Waals surface area contributed by atoms with E-state index in [1.807, 2.05) is 6.92 Å². The topological polar surface area (TPSA) is 44.5 Å². The summed E-state index contributed by atoms with van der Waals surface area (Å²) in [6.45, 7) is 1.99. The summed E-state index contributed by atoms with van der Waals surface area (Å²) in [5, 5.41) is 0. The number of nitrogens with two attached hydrogens (primary N) is 1. The van der Waals surface area contributed by atoms with Crippen LogP contribution in [-0.2, 0) is 11.4 Å². The number of halogens is 1. The lowest BCUT2D eigenvalue weighted by Gasteiger charge is -2.10. The van der Waals surface area contributed by atoms with Crippen molar-refractivity contribution in [1.29, 1.82) is 0 Å². The minimum absolute atomic E-state index is 0.146. The molecule has 1 aromatic carbocycles. The predicted molar refractivity (Wildman–Crippen MR) is 46.7 cm³/mol. The van der Waals surface area contributed by atoms with Crippen LogP contribution in [0.1, 0.15) is 11.1 Å². The molecule has 0 aromatic heterocycles. The van der Waals surface area contributed by atoms with Crippen molar-refractivity contribution in [2.75, 3.05) is 7.11 Å². The van der Waals surface area contributed by atoms with Crippen molar-refractivity contribution in [3.63, 3.8) is 0 Å². The van der Waals surface area contributed by atoms with Crippen molar-refractivity contribution in [3.05, 3.63) is 29.1 Å². The van der Waals surface area contributed by atoms with Gasteiger partial charge in [0.05, 0.1) is 13.7 Å². The van der Waals surface area contributed by atoms with Crippen LogP contribution in [0, 0.1) is 12.7 Å². The molecule has 0 aliphatic heterocycles. The normalized spacial score (nSPS) is 10.2. The lowest BCUT2D eigenvalue weighted by molar-refractivity contribution is 0.121. The van der Waals surface area contributed by atoms with E-state index in [1.165, 1.54) is 13.2 Å². The average molecular weight is 185 g/mol. The van der Waals surface area contributed by atoms with E-state index in [0.717, 1.165) is 5.56 Å². The maximum absolute atomic E-state index is 13.1. The van der Waals surface area contributed by atoms with Crippen molar-refractivity contribution in [3.8, 4) is 5.75 Å². The first-order chi connectivity index (χ1) is 6.20. The van der Waals surface area contributed by atoms with Crippen molar-refractivity contribution in [2.24, 2.45) is 5.90 Å². The van der Waals surface area contributed by atoms with E-state index in [-0.39, 0.29) is 12.4 Å². The van der Waals surface area contributed by atoms with Crippen LogP contribution in [0.2, 0.25) is 0 Å². The molecule has 2 N–H and O–H groups in total. The number of ether oxygens (including phenoxy) is 1. The zero-order chi connectivity index (χ0) is 9.84. The van der Waals surface area contributed by atoms with E-state index >= 15 is 0 Å². The SMILES string of the molecule is COc1c(F)ccc(C)c1CON. The minimum atomic E-state index is -0.403. The molecule has 0 aliphatic rings. The minimum Gasteiger partial charge on any atom is -0.493 e. The Bertz CT molecular complexity index is 302. The Kier molecular flexibility index (Phi) is 3.22. The van der Waals surface area contributed by atoms with Gasteiger partial charge in [0, 0.05) is 5.56 Å². The summed E-state index contributed by atoms with van der Waals surface area (Å²) in [7, 11) is 1.41. The highest BCUT2D eigenvalue weighted by Gasteiger charge is 2.11. The molecule has 0 heterocycles. The van der Waals surface area contributed by atoms with Gasteiger partial charge in [0.2, 0.25) is 0 Å². The van der Waals surface area contributed by atoms with Gasteiger partial charge in [-0.3, -0.25) is 4.84 Å². The highest BCUT2D eigenvalue weighted by molar-refractivity contribution is 5.40. The lowest BCUT2D eigenvalue weighted by atomic mass is 10.1. The first-order valence-electron chi connectivity index (χ1n) is 3.84. The monoisotopic (exact) mass is 185 g/mol. The fourth-order valence-electron chi connectivity index (χ4n) is 1.18. The molecule has 1 rings (SSSR count). The van der Waals surface area contributed by atoms with Crippen LogP contribution in [0.4, 0.5) is 4.39 Å². The number of aryl methyl sites for hydroxylation is 1. The molecule has 13 heavy (non-hydrogen) atoms. The molecule has 3 nitrogen and oxygen atoms in total. The molecule has 0 atom stereocenters. The maximum atomic E-state index is 13.1. The van der Waals surface area contributed by atoms with E-state index < -0.39 is 5.82 Å². The van der Waals surface area contributed by atoms with Crippen LogP contribution in [-0.4, -0.2) is 7.11 Å². The molecule has 0 fully saturated rings. The summed E-state index contributed by atoms with van der Waals surface area (Å²) >= 11 is 0. The van der Waals surface area contributed by atoms with Gasteiger partial charge in [-0.1, -0.05) is 6.07 Å². The zero-order valence-electron chi connectivity index (χ0n) is 7.63. The first-order valence-corrected chi connectivity index (χ1v) is 3.84. The van der Waals surface area contributed by atoms with Gasteiger partial charge in [-0.05, 0) is 18.6 Å². The fourth-order valence-corrected chi connectivity index (χ4v) is 1.18. The van der Waals surface area contributed by atoms with E-state index in [2.05, 4.69) is 4.84 Å². The van der Waals surface area contributed by atoms with Crippen LogP contribution >= 0.6 is 0 Å². The van der Waals surface area contributed by atoms with Gasteiger partial charge >= 0.3 is 0 Å². The van der Waals surface area contributed by atoms with Crippen molar-refractivity contribution >= 4 is 0 Å². The molecule has 72 valence electrons. The standard InChI is InChI=1S/C9H12FNO2/c1-6-3-4-8(10)9(12-2)7(6)5-13-11/h3-4H,5,11H2,1-2H3. The smallest absolute Gasteiger partial charge is 0.165 e. The third kappa shape index (κ3) is 1.96. The van der Waals surface area contributed by atoms with Crippen LogP contribution in [0.5, 0.6) is 5.75 Å². The Morgan fingerprint density at radius 3 is 2.69 bits per heavy atom. The number of methoxy groups -OCH3 is 1. The molecule has 0 saturated carbocycles. The predicted octanol–water partition coefficient (Wildman–Crippen LogP) is 1.53. The van der Waals surface area contributed by atoms with Gasteiger partial charge in [0.25, 0.3) is 0 Å². The number of benzene rings is 1. The number of hydrogen-bond donors (Lipinski definition) is 1. The van der Waals surface area contributed by atoms with Gasteiger partial charge in [0.1, 0.15) is 0 Å². The molecular weight excluding hydrogens is 173 g/mol. The highest BCUT2D eigenvalue weighted by Crippen LogP contribution is 2.25. The molecule has 0 bridgehead atoms. The molecular formula is C9H12FNO2. The second-order valence-corrected chi connectivity index (χ2v) is 2.69. The molecule has 0 saturated heterocycles. The highest BCUT2D eigenvalue weighted by atomic mass is 19.1. The van der Waals surface area contributed by atoms with E-state index in [0.29, 0.717) is 5.56 Å². The van der Waals surface area contributed by atoms with Crippen molar-refractivity contribution in [1.82, 2.24) is 0 Å². The van der Waals surface area contributed by atoms with Crippen LogP contribution in [0.25, 0.3) is 0 Å².